The van der Waals surface area contributed by atoms with Crippen molar-refractivity contribution < 1.29 is 9.53 Å². The Morgan fingerprint density at radius 1 is 1.18 bits per heavy atom. The van der Waals surface area contributed by atoms with Gasteiger partial charge in [-0.25, -0.2) is 4.68 Å². The summed E-state index contributed by atoms with van der Waals surface area (Å²) in [5.41, 5.74) is 1.14. The summed E-state index contributed by atoms with van der Waals surface area (Å²) in [6.07, 6.45) is 6.87. The molecule has 0 aliphatic carbocycles. The van der Waals surface area contributed by atoms with Crippen LogP contribution in [-0.4, -0.2) is 44.1 Å². The Hall–Kier alpha value is -3.16. The van der Waals surface area contributed by atoms with Crippen LogP contribution in [0.5, 0.6) is 5.75 Å². The highest BCUT2D eigenvalue weighted by Gasteiger charge is 2.19. The van der Waals surface area contributed by atoms with Gasteiger partial charge in [0.15, 0.2) is 11.4 Å². The quantitative estimate of drug-likeness (QED) is 0.708. The van der Waals surface area contributed by atoms with E-state index in [1.807, 2.05) is 30.3 Å². The molecule has 0 radical (unpaired) electrons. The Balaban J connectivity index is 1.42. The summed E-state index contributed by atoms with van der Waals surface area (Å²) in [6.45, 7) is 1.43. The van der Waals surface area contributed by atoms with Crippen LogP contribution in [-0.2, 0) is 19.4 Å². The lowest BCUT2D eigenvalue weighted by Crippen LogP contribution is -2.27. The van der Waals surface area contributed by atoms with Crippen LogP contribution in [0.3, 0.4) is 0 Å². The fourth-order valence-electron chi connectivity index (χ4n) is 3.48. The highest BCUT2D eigenvalue weighted by molar-refractivity contribution is 5.94. The fourth-order valence-corrected chi connectivity index (χ4v) is 3.48. The Labute approximate surface area is 163 Å². The lowest BCUT2D eigenvalue weighted by atomic mass is 10.2. The zero-order valence-corrected chi connectivity index (χ0v) is 16.0. The van der Waals surface area contributed by atoms with Crippen molar-refractivity contribution in [3.63, 3.8) is 0 Å². The fraction of sp³-hybridized carbons (Fsp3) is 0.400. The number of fused-ring (bicyclic) bond motifs is 1. The van der Waals surface area contributed by atoms with E-state index < -0.39 is 0 Å². The molecule has 146 valence electrons. The van der Waals surface area contributed by atoms with Crippen molar-refractivity contribution in [2.45, 2.75) is 38.6 Å². The molecule has 8 nitrogen and oxygen atoms in total. The topological polar surface area (TPSA) is 86.9 Å². The van der Waals surface area contributed by atoms with Crippen molar-refractivity contribution in [1.82, 2.24) is 29.9 Å². The second-order valence-corrected chi connectivity index (χ2v) is 6.83. The maximum atomic E-state index is 12.6. The maximum absolute atomic E-state index is 12.6. The minimum Gasteiger partial charge on any atom is -0.493 e. The standard InChI is InChI=1S/C20H24N6O2/c1-28-16-14-26(15-8-4-2-5-9-15)24-19(16)20(27)21-12-11-18-23-22-17-10-6-3-7-13-25(17)18/h2,4-5,8-9,14H,3,6-7,10-13H2,1H3,(H,21,27). The van der Waals surface area contributed by atoms with Gasteiger partial charge in [0.2, 0.25) is 0 Å². The van der Waals surface area contributed by atoms with Gasteiger partial charge in [0.25, 0.3) is 5.91 Å². The molecular weight excluding hydrogens is 356 g/mol. The molecule has 0 saturated carbocycles. The number of methoxy groups -OCH3 is 1. The zero-order chi connectivity index (χ0) is 19.3. The third-order valence-electron chi connectivity index (χ3n) is 4.96. The molecule has 1 aromatic carbocycles. The molecule has 1 amide bonds. The largest absolute Gasteiger partial charge is 0.493 e. The Bertz CT molecular complexity index is 947. The van der Waals surface area contributed by atoms with E-state index in [1.165, 1.54) is 20.0 Å². The highest BCUT2D eigenvalue weighted by Crippen LogP contribution is 2.19. The van der Waals surface area contributed by atoms with Crippen LogP contribution in [0, 0.1) is 0 Å². The van der Waals surface area contributed by atoms with E-state index in [2.05, 4.69) is 25.2 Å². The molecule has 3 aromatic rings. The summed E-state index contributed by atoms with van der Waals surface area (Å²) < 4.78 is 9.18. The van der Waals surface area contributed by atoms with E-state index in [0.717, 1.165) is 36.7 Å². The van der Waals surface area contributed by atoms with Crippen molar-refractivity contribution in [3.05, 3.63) is 53.9 Å². The molecule has 0 bridgehead atoms. The monoisotopic (exact) mass is 380 g/mol. The number of carbonyl (C=O) groups is 1. The number of hydrogen-bond acceptors (Lipinski definition) is 5. The molecule has 0 saturated heterocycles. The van der Waals surface area contributed by atoms with Crippen molar-refractivity contribution in [3.8, 4) is 11.4 Å². The van der Waals surface area contributed by atoms with E-state index >= 15 is 0 Å². The summed E-state index contributed by atoms with van der Waals surface area (Å²) >= 11 is 0. The lowest BCUT2D eigenvalue weighted by Gasteiger charge is -2.07. The molecule has 0 spiro atoms. The van der Waals surface area contributed by atoms with Crippen molar-refractivity contribution in [2.24, 2.45) is 0 Å². The Kier molecular flexibility index (Phi) is 5.36. The number of para-hydroxylation sites is 1. The summed E-state index contributed by atoms with van der Waals surface area (Å²) in [5.74, 6) is 2.17. The summed E-state index contributed by atoms with van der Waals surface area (Å²) in [5, 5.41) is 15.9. The first kappa shape index (κ1) is 18.2. The zero-order valence-electron chi connectivity index (χ0n) is 16.0. The van der Waals surface area contributed by atoms with Gasteiger partial charge in [-0.15, -0.1) is 10.2 Å². The van der Waals surface area contributed by atoms with E-state index in [4.69, 9.17) is 4.74 Å². The number of aryl methyl sites for hydroxylation is 1. The van der Waals surface area contributed by atoms with Gasteiger partial charge in [0.05, 0.1) is 19.0 Å². The third-order valence-corrected chi connectivity index (χ3v) is 4.96. The summed E-state index contributed by atoms with van der Waals surface area (Å²) in [6, 6.07) is 9.62. The van der Waals surface area contributed by atoms with Crippen LogP contribution in [0.2, 0.25) is 0 Å². The molecule has 0 atom stereocenters. The highest BCUT2D eigenvalue weighted by atomic mass is 16.5. The first-order valence-corrected chi connectivity index (χ1v) is 9.64. The minimum atomic E-state index is -0.262. The van der Waals surface area contributed by atoms with Gasteiger partial charge < -0.3 is 14.6 Å². The summed E-state index contributed by atoms with van der Waals surface area (Å²) in [4.78, 5) is 12.6. The van der Waals surface area contributed by atoms with Crippen LogP contribution in [0.4, 0.5) is 0 Å². The number of aromatic nitrogens is 5. The smallest absolute Gasteiger partial charge is 0.275 e. The van der Waals surface area contributed by atoms with Crippen molar-refractivity contribution >= 4 is 5.91 Å². The SMILES string of the molecule is COc1cn(-c2ccccc2)nc1C(=O)NCCc1nnc2n1CCCCC2. The van der Waals surface area contributed by atoms with Gasteiger partial charge in [0, 0.05) is 25.9 Å². The maximum Gasteiger partial charge on any atom is 0.275 e. The predicted octanol–water partition coefficient (Wildman–Crippen LogP) is 2.17. The number of amides is 1. The van der Waals surface area contributed by atoms with Crippen LogP contribution < -0.4 is 10.1 Å². The predicted molar refractivity (Wildman–Crippen MR) is 104 cm³/mol. The average molecular weight is 380 g/mol. The molecule has 4 rings (SSSR count). The molecule has 2 aromatic heterocycles. The number of carbonyl (C=O) groups excluding carboxylic acids is 1. The first-order chi connectivity index (χ1) is 13.8. The van der Waals surface area contributed by atoms with Gasteiger partial charge >= 0.3 is 0 Å². The van der Waals surface area contributed by atoms with E-state index in [0.29, 0.717) is 18.7 Å². The molecule has 1 aliphatic rings. The average Bonchev–Trinajstić information content (AvgIpc) is 3.26. The molecular formula is C20H24N6O2. The molecule has 28 heavy (non-hydrogen) atoms. The van der Waals surface area contributed by atoms with Gasteiger partial charge in [-0.05, 0) is 25.0 Å². The normalized spacial score (nSPS) is 13.6. The van der Waals surface area contributed by atoms with Crippen LogP contribution >= 0.6 is 0 Å². The first-order valence-electron chi connectivity index (χ1n) is 9.64. The number of ether oxygens (including phenoxy) is 1. The second-order valence-electron chi connectivity index (χ2n) is 6.83. The number of nitrogens with zero attached hydrogens (tertiary/aromatic N) is 5. The molecule has 1 aliphatic heterocycles. The van der Waals surface area contributed by atoms with Gasteiger partial charge in [0.1, 0.15) is 11.6 Å². The van der Waals surface area contributed by atoms with Crippen molar-refractivity contribution in [2.75, 3.05) is 13.7 Å². The van der Waals surface area contributed by atoms with Crippen LogP contribution in [0.1, 0.15) is 41.4 Å². The minimum absolute atomic E-state index is 0.262. The van der Waals surface area contributed by atoms with Gasteiger partial charge in [-0.3, -0.25) is 4.79 Å². The Morgan fingerprint density at radius 3 is 2.86 bits per heavy atom. The van der Waals surface area contributed by atoms with Crippen molar-refractivity contribution in [1.29, 1.82) is 0 Å². The number of hydrogen-bond donors (Lipinski definition) is 1. The third kappa shape index (κ3) is 3.76. The van der Waals surface area contributed by atoms with Gasteiger partial charge in [-0.2, -0.15) is 5.10 Å². The molecule has 0 fully saturated rings. The van der Waals surface area contributed by atoms with E-state index in [-0.39, 0.29) is 11.6 Å². The summed E-state index contributed by atoms with van der Waals surface area (Å²) in [7, 11) is 1.54. The van der Waals surface area contributed by atoms with E-state index in [9.17, 15) is 4.79 Å². The molecule has 0 unspecified atom stereocenters. The van der Waals surface area contributed by atoms with Crippen LogP contribution in [0.25, 0.3) is 5.69 Å². The number of rotatable bonds is 6. The Morgan fingerprint density at radius 2 is 2.04 bits per heavy atom. The van der Waals surface area contributed by atoms with Gasteiger partial charge in [-0.1, -0.05) is 24.6 Å². The lowest BCUT2D eigenvalue weighted by molar-refractivity contribution is 0.0945. The van der Waals surface area contributed by atoms with E-state index in [1.54, 1.807) is 10.9 Å². The number of nitrogens with one attached hydrogen (secondary N) is 1. The molecule has 1 N–H and O–H groups in total. The van der Waals surface area contributed by atoms with Crippen LogP contribution in [0.15, 0.2) is 36.5 Å². The molecule has 3 heterocycles. The number of benzene rings is 1. The second kappa shape index (κ2) is 8.24. The molecule has 8 heteroatoms.